The number of amides is 1. The zero-order valence-corrected chi connectivity index (χ0v) is 15.1. The van der Waals surface area contributed by atoms with Gasteiger partial charge in [-0.05, 0) is 48.1 Å². The molecule has 26 heavy (non-hydrogen) atoms. The largest absolute Gasteiger partial charge is 0.465 e. The lowest BCUT2D eigenvalue weighted by Gasteiger charge is -2.26. The van der Waals surface area contributed by atoms with Crippen molar-refractivity contribution < 1.29 is 13.9 Å². The van der Waals surface area contributed by atoms with Crippen molar-refractivity contribution in [3.05, 3.63) is 60.1 Å². The number of ether oxygens (including phenoxy) is 1. The van der Waals surface area contributed by atoms with E-state index in [0.29, 0.717) is 5.76 Å². The number of rotatable bonds is 5. The molecule has 1 aliphatic rings. The third-order valence-corrected chi connectivity index (χ3v) is 4.10. The lowest BCUT2D eigenvalue weighted by atomic mass is 10.2. The minimum absolute atomic E-state index is 0.250. The Morgan fingerprint density at radius 2 is 1.96 bits per heavy atom. The van der Waals surface area contributed by atoms with Crippen molar-refractivity contribution >= 4 is 35.0 Å². The van der Waals surface area contributed by atoms with E-state index in [-0.39, 0.29) is 11.0 Å². The Kier molecular flexibility index (Phi) is 6.54. The van der Waals surface area contributed by atoms with Gasteiger partial charge in [-0.1, -0.05) is 12.1 Å². The Labute approximate surface area is 157 Å². The van der Waals surface area contributed by atoms with E-state index in [1.54, 1.807) is 24.5 Å². The Morgan fingerprint density at radius 3 is 2.65 bits per heavy atom. The van der Waals surface area contributed by atoms with Gasteiger partial charge in [0.1, 0.15) is 5.76 Å². The first-order chi connectivity index (χ1) is 12.7. The van der Waals surface area contributed by atoms with Crippen LogP contribution in [0.1, 0.15) is 11.3 Å². The van der Waals surface area contributed by atoms with Crippen molar-refractivity contribution in [2.75, 3.05) is 31.6 Å². The van der Waals surface area contributed by atoms with Gasteiger partial charge in [-0.3, -0.25) is 15.0 Å². The summed E-state index contributed by atoms with van der Waals surface area (Å²) in [5, 5.41) is 5.86. The number of carbonyl (C=O) groups excluding carboxylic acids is 1. The Hall–Kier alpha value is -2.48. The lowest BCUT2D eigenvalue weighted by molar-refractivity contribution is -0.115. The number of nitrogens with zero attached hydrogens (tertiary/aromatic N) is 1. The molecule has 0 bridgehead atoms. The second-order valence-electron chi connectivity index (χ2n) is 5.88. The summed E-state index contributed by atoms with van der Waals surface area (Å²) in [6.07, 6.45) is 4.50. The summed E-state index contributed by atoms with van der Waals surface area (Å²) in [5.74, 6) is 0.290. The SMILES string of the molecule is O=C(/C=C/c1ccco1)NC(=S)Nc1ccc(CN2CCOCC2)cc1. The monoisotopic (exact) mass is 371 g/mol. The van der Waals surface area contributed by atoms with E-state index < -0.39 is 0 Å². The molecule has 0 saturated carbocycles. The van der Waals surface area contributed by atoms with Crippen molar-refractivity contribution in [2.24, 2.45) is 0 Å². The first kappa shape index (κ1) is 18.3. The van der Waals surface area contributed by atoms with E-state index in [1.807, 2.05) is 12.1 Å². The molecule has 1 aliphatic heterocycles. The van der Waals surface area contributed by atoms with Gasteiger partial charge in [0, 0.05) is 31.4 Å². The van der Waals surface area contributed by atoms with Crippen molar-refractivity contribution in [1.29, 1.82) is 0 Å². The van der Waals surface area contributed by atoms with Crippen molar-refractivity contribution in [3.63, 3.8) is 0 Å². The number of anilines is 1. The molecular formula is C19H21N3O3S. The topological polar surface area (TPSA) is 66.7 Å². The van der Waals surface area contributed by atoms with Crippen LogP contribution in [0.25, 0.3) is 6.08 Å². The van der Waals surface area contributed by atoms with Crippen LogP contribution < -0.4 is 10.6 Å². The Balaban J connectivity index is 1.45. The first-order valence-corrected chi connectivity index (χ1v) is 8.82. The molecule has 1 saturated heterocycles. The number of furan rings is 1. The summed E-state index contributed by atoms with van der Waals surface area (Å²) in [5.41, 5.74) is 2.06. The molecular weight excluding hydrogens is 350 g/mol. The Bertz CT molecular complexity index is 751. The highest BCUT2D eigenvalue weighted by atomic mass is 32.1. The number of morpholine rings is 1. The highest BCUT2D eigenvalue weighted by Gasteiger charge is 2.10. The van der Waals surface area contributed by atoms with Crippen LogP contribution in [0, 0.1) is 0 Å². The summed E-state index contributed by atoms with van der Waals surface area (Å²) in [7, 11) is 0. The van der Waals surface area contributed by atoms with Crippen LogP contribution in [0.5, 0.6) is 0 Å². The number of carbonyl (C=O) groups is 1. The van der Waals surface area contributed by atoms with Crippen LogP contribution in [0.3, 0.4) is 0 Å². The predicted octanol–water partition coefficient (Wildman–Crippen LogP) is 2.64. The van der Waals surface area contributed by atoms with Crippen molar-refractivity contribution in [3.8, 4) is 0 Å². The normalized spacial score (nSPS) is 15.1. The fraction of sp³-hybridized carbons (Fsp3) is 0.263. The average molecular weight is 371 g/mol. The number of benzene rings is 1. The van der Waals surface area contributed by atoms with Gasteiger partial charge >= 0.3 is 0 Å². The molecule has 0 atom stereocenters. The third kappa shape index (κ3) is 5.80. The predicted molar refractivity (Wildman–Crippen MR) is 105 cm³/mol. The van der Waals surface area contributed by atoms with E-state index >= 15 is 0 Å². The molecule has 1 fully saturated rings. The number of hydrogen-bond acceptors (Lipinski definition) is 5. The molecule has 0 aliphatic carbocycles. The summed E-state index contributed by atoms with van der Waals surface area (Å²) < 4.78 is 10.5. The van der Waals surface area contributed by atoms with Crippen LogP contribution in [0.2, 0.25) is 0 Å². The lowest BCUT2D eigenvalue weighted by Crippen LogP contribution is -2.35. The zero-order valence-electron chi connectivity index (χ0n) is 14.3. The summed E-state index contributed by atoms with van der Waals surface area (Å²) >= 11 is 5.17. The molecule has 0 spiro atoms. The maximum absolute atomic E-state index is 11.8. The summed E-state index contributed by atoms with van der Waals surface area (Å²) in [6, 6.07) is 11.5. The van der Waals surface area contributed by atoms with Crippen LogP contribution >= 0.6 is 12.2 Å². The minimum atomic E-state index is -0.317. The summed E-state index contributed by atoms with van der Waals surface area (Å²) in [6.45, 7) is 4.41. The van der Waals surface area contributed by atoms with Crippen LogP contribution in [0.4, 0.5) is 5.69 Å². The molecule has 0 radical (unpaired) electrons. The maximum Gasteiger partial charge on any atom is 0.250 e. The average Bonchev–Trinajstić information content (AvgIpc) is 3.16. The Morgan fingerprint density at radius 1 is 1.19 bits per heavy atom. The number of hydrogen-bond donors (Lipinski definition) is 2. The first-order valence-electron chi connectivity index (χ1n) is 8.42. The molecule has 1 aromatic carbocycles. The van der Waals surface area contributed by atoms with Gasteiger partial charge in [-0.2, -0.15) is 0 Å². The van der Waals surface area contributed by atoms with E-state index in [9.17, 15) is 4.79 Å². The van der Waals surface area contributed by atoms with Crippen molar-refractivity contribution in [1.82, 2.24) is 10.2 Å². The highest BCUT2D eigenvalue weighted by Crippen LogP contribution is 2.12. The van der Waals surface area contributed by atoms with Crippen molar-refractivity contribution in [2.45, 2.75) is 6.54 Å². The molecule has 1 aromatic heterocycles. The van der Waals surface area contributed by atoms with E-state index in [2.05, 4.69) is 27.7 Å². The summed E-state index contributed by atoms with van der Waals surface area (Å²) in [4.78, 5) is 14.2. The van der Waals surface area contributed by atoms with E-state index in [1.165, 1.54) is 11.6 Å². The van der Waals surface area contributed by atoms with Gasteiger partial charge < -0.3 is 14.5 Å². The second-order valence-corrected chi connectivity index (χ2v) is 6.29. The van der Waals surface area contributed by atoms with E-state index in [4.69, 9.17) is 21.4 Å². The zero-order chi connectivity index (χ0) is 18.2. The number of nitrogens with one attached hydrogen (secondary N) is 2. The minimum Gasteiger partial charge on any atom is -0.465 e. The highest BCUT2D eigenvalue weighted by molar-refractivity contribution is 7.80. The molecule has 2 heterocycles. The smallest absolute Gasteiger partial charge is 0.250 e. The number of thiocarbonyl (C=S) groups is 1. The van der Waals surface area contributed by atoms with Gasteiger partial charge in [0.05, 0.1) is 19.5 Å². The molecule has 136 valence electrons. The molecule has 6 nitrogen and oxygen atoms in total. The van der Waals surface area contributed by atoms with Gasteiger partial charge in [0.25, 0.3) is 0 Å². The van der Waals surface area contributed by atoms with Crippen LogP contribution in [-0.4, -0.2) is 42.2 Å². The van der Waals surface area contributed by atoms with Gasteiger partial charge in [-0.15, -0.1) is 0 Å². The molecule has 0 unspecified atom stereocenters. The maximum atomic E-state index is 11.8. The van der Waals surface area contributed by atoms with Gasteiger partial charge in [0.2, 0.25) is 5.91 Å². The fourth-order valence-electron chi connectivity index (χ4n) is 2.57. The second kappa shape index (κ2) is 9.28. The van der Waals surface area contributed by atoms with Gasteiger partial charge in [0.15, 0.2) is 5.11 Å². The third-order valence-electron chi connectivity index (χ3n) is 3.90. The molecule has 1 amide bonds. The fourth-order valence-corrected chi connectivity index (χ4v) is 2.79. The standard InChI is InChI=1S/C19H21N3O3S/c23-18(8-7-17-2-1-11-25-17)21-19(26)20-16-5-3-15(4-6-16)14-22-9-12-24-13-10-22/h1-8,11H,9-10,12-14H2,(H2,20,21,23,26)/b8-7+. The van der Waals surface area contributed by atoms with Crippen LogP contribution in [-0.2, 0) is 16.1 Å². The molecule has 7 heteroatoms. The molecule has 2 N–H and O–H groups in total. The quantitative estimate of drug-likeness (QED) is 0.622. The van der Waals surface area contributed by atoms with Gasteiger partial charge in [-0.25, -0.2) is 0 Å². The molecule has 2 aromatic rings. The van der Waals surface area contributed by atoms with E-state index in [0.717, 1.165) is 38.5 Å². The van der Waals surface area contributed by atoms with Crippen LogP contribution in [0.15, 0.2) is 53.2 Å². The molecule has 3 rings (SSSR count).